The van der Waals surface area contributed by atoms with Gasteiger partial charge in [0.05, 0.1) is 36.9 Å². The molecule has 5 N–H and O–H groups in total. The number of rotatable bonds is 6. The molecule has 0 saturated heterocycles. The minimum Gasteiger partial charge on any atom is -0.481 e. The number of thiol groups is 2. The highest BCUT2D eigenvalue weighted by molar-refractivity contribution is 7.81. The average Bonchev–Trinajstić information content (AvgIpc) is 3.44. The Morgan fingerprint density at radius 2 is 1.03 bits per heavy atom. The van der Waals surface area contributed by atoms with Gasteiger partial charge in [0.1, 0.15) is 0 Å². The summed E-state index contributed by atoms with van der Waals surface area (Å²) in [4.78, 5) is 27.8. The fourth-order valence-corrected chi connectivity index (χ4v) is 2.32. The summed E-state index contributed by atoms with van der Waals surface area (Å²) in [5.41, 5.74) is 0. The molecule has 0 spiro atoms. The van der Waals surface area contributed by atoms with Crippen LogP contribution in [0.4, 0.5) is 0 Å². The normalized spacial score (nSPS) is 14.9. The van der Waals surface area contributed by atoms with Crippen LogP contribution in [0.2, 0.25) is 0 Å². The first-order chi connectivity index (χ1) is 14.2. The maximum Gasteiger partial charge on any atom is 0.327 e. The van der Waals surface area contributed by atoms with Gasteiger partial charge in [-0.3, -0.25) is 9.59 Å². The SMILES string of the molecule is C1CCC(OC2CCCC2)C1.C=CC(=O)O.O=C(O)CS.O=C(O)CS.OCCO. The van der Waals surface area contributed by atoms with Crippen LogP contribution in [0.25, 0.3) is 0 Å². The van der Waals surface area contributed by atoms with E-state index < -0.39 is 17.9 Å². The van der Waals surface area contributed by atoms with E-state index in [9.17, 15) is 14.4 Å². The highest BCUT2D eigenvalue weighted by atomic mass is 32.1. The molecule has 0 aliphatic heterocycles. The Hall–Kier alpha value is -1.27. The predicted molar refractivity (Wildman–Crippen MR) is 121 cm³/mol. The monoisotopic (exact) mass is 472 g/mol. The van der Waals surface area contributed by atoms with Crippen molar-refractivity contribution in [3.8, 4) is 0 Å². The summed E-state index contributed by atoms with van der Waals surface area (Å²) in [5.74, 6) is -2.91. The third-order valence-corrected chi connectivity index (χ3v) is 4.08. The fourth-order valence-electron chi connectivity index (χ4n) is 2.32. The van der Waals surface area contributed by atoms with E-state index in [2.05, 4.69) is 31.8 Å². The third-order valence-electron chi connectivity index (χ3n) is 3.53. The number of carboxylic acid groups (broad SMARTS) is 3. The molecule has 0 unspecified atom stereocenters. The van der Waals surface area contributed by atoms with Crippen LogP contribution in [-0.2, 0) is 19.1 Å². The molecule has 11 heteroatoms. The molecule has 178 valence electrons. The first-order valence-electron chi connectivity index (χ1n) is 9.56. The van der Waals surface area contributed by atoms with Gasteiger partial charge in [-0.2, -0.15) is 25.3 Å². The van der Waals surface area contributed by atoms with Crippen LogP contribution < -0.4 is 0 Å². The number of hydrogen-bond acceptors (Lipinski definition) is 8. The van der Waals surface area contributed by atoms with Gasteiger partial charge in [-0.25, -0.2) is 4.79 Å². The van der Waals surface area contributed by atoms with Crippen LogP contribution in [0.5, 0.6) is 0 Å². The minimum atomic E-state index is -0.981. The van der Waals surface area contributed by atoms with Crippen molar-refractivity contribution in [2.45, 2.75) is 63.6 Å². The van der Waals surface area contributed by atoms with E-state index in [0.29, 0.717) is 12.2 Å². The van der Waals surface area contributed by atoms with E-state index in [4.69, 9.17) is 30.3 Å². The molecule has 0 radical (unpaired) electrons. The number of aliphatic hydroxyl groups is 2. The molecular formula is C19H36O9S2. The minimum absolute atomic E-state index is 0.0833. The lowest BCUT2D eigenvalue weighted by atomic mass is 10.2. The fraction of sp³-hybridized carbons (Fsp3) is 0.737. The Bertz CT molecular complexity index is 406. The lowest BCUT2D eigenvalue weighted by Crippen LogP contribution is -2.16. The molecule has 2 fully saturated rings. The zero-order chi connectivity index (χ0) is 23.8. The van der Waals surface area contributed by atoms with Crippen molar-refractivity contribution in [3.63, 3.8) is 0 Å². The van der Waals surface area contributed by atoms with Crippen LogP contribution >= 0.6 is 25.3 Å². The van der Waals surface area contributed by atoms with Crippen LogP contribution in [0.15, 0.2) is 12.7 Å². The van der Waals surface area contributed by atoms with Gasteiger partial charge in [-0.1, -0.05) is 32.3 Å². The largest absolute Gasteiger partial charge is 0.481 e. The van der Waals surface area contributed by atoms with Crippen molar-refractivity contribution in [3.05, 3.63) is 12.7 Å². The first kappa shape index (κ1) is 33.4. The summed E-state index contributed by atoms with van der Waals surface area (Å²) < 4.78 is 5.97. The van der Waals surface area contributed by atoms with E-state index in [-0.39, 0.29) is 24.7 Å². The van der Waals surface area contributed by atoms with Crippen molar-refractivity contribution >= 4 is 43.2 Å². The molecule has 0 amide bonds. The van der Waals surface area contributed by atoms with E-state index in [1.807, 2.05) is 0 Å². The van der Waals surface area contributed by atoms with E-state index >= 15 is 0 Å². The Labute approximate surface area is 189 Å². The highest BCUT2D eigenvalue weighted by Crippen LogP contribution is 2.28. The lowest BCUT2D eigenvalue weighted by molar-refractivity contribution is -0.134. The van der Waals surface area contributed by atoms with Gasteiger partial charge < -0.3 is 30.3 Å². The number of aliphatic carboxylic acids is 3. The summed E-state index contributed by atoms with van der Waals surface area (Å²) in [6.07, 6.45) is 13.0. The molecule has 0 aromatic rings. The van der Waals surface area contributed by atoms with E-state index in [1.165, 1.54) is 51.4 Å². The second kappa shape index (κ2) is 25.8. The smallest absolute Gasteiger partial charge is 0.327 e. The second-order valence-electron chi connectivity index (χ2n) is 6.04. The summed E-state index contributed by atoms with van der Waals surface area (Å²) in [6, 6.07) is 0. The molecule has 0 aromatic heterocycles. The molecule has 0 aromatic carbocycles. The van der Waals surface area contributed by atoms with Gasteiger partial charge in [-0.15, -0.1) is 0 Å². The van der Waals surface area contributed by atoms with Gasteiger partial charge in [-0.05, 0) is 25.7 Å². The molecule has 2 aliphatic rings. The van der Waals surface area contributed by atoms with E-state index in [1.54, 1.807) is 0 Å². The summed E-state index contributed by atoms with van der Waals surface area (Å²) in [5, 5.41) is 38.1. The Balaban J connectivity index is -0.000000331. The molecular weight excluding hydrogens is 436 g/mol. The quantitative estimate of drug-likeness (QED) is 0.227. The molecule has 2 saturated carbocycles. The molecule has 2 aliphatic carbocycles. The van der Waals surface area contributed by atoms with Crippen LogP contribution in [0.3, 0.4) is 0 Å². The summed E-state index contributed by atoms with van der Waals surface area (Å²) >= 11 is 6.83. The standard InChI is InChI=1S/C10H18O.C3H4O2.2C2H4O2S.C2H6O2/c1-2-6-9(5-1)11-10-7-3-4-8-10;1-2-3(4)5;2*3-2(4)1-5;3-1-2-4/h9-10H,1-8H2;2H,1H2,(H,4,5);2*5H,1H2,(H,3,4);3-4H,1-2H2. The maximum atomic E-state index is 9.29. The van der Waals surface area contributed by atoms with Crippen molar-refractivity contribution in [2.24, 2.45) is 0 Å². The zero-order valence-corrected chi connectivity index (χ0v) is 19.0. The molecule has 30 heavy (non-hydrogen) atoms. The topological polar surface area (TPSA) is 162 Å². The van der Waals surface area contributed by atoms with E-state index in [0.717, 1.165) is 6.08 Å². The number of ether oxygens (including phenoxy) is 1. The molecule has 9 nitrogen and oxygen atoms in total. The molecule has 2 rings (SSSR count). The number of aliphatic hydroxyl groups excluding tert-OH is 2. The Morgan fingerprint density at radius 3 is 1.17 bits per heavy atom. The van der Waals surface area contributed by atoms with Crippen molar-refractivity contribution in [2.75, 3.05) is 24.7 Å². The predicted octanol–water partition coefficient (Wildman–Crippen LogP) is 2.12. The van der Waals surface area contributed by atoms with Crippen LogP contribution in [0, 0.1) is 0 Å². The van der Waals surface area contributed by atoms with Crippen LogP contribution in [0.1, 0.15) is 51.4 Å². The van der Waals surface area contributed by atoms with Gasteiger partial charge in [0.25, 0.3) is 0 Å². The summed E-state index contributed by atoms with van der Waals surface area (Å²) in [7, 11) is 0. The van der Waals surface area contributed by atoms with Crippen molar-refractivity contribution < 1.29 is 44.7 Å². The zero-order valence-electron chi connectivity index (χ0n) is 17.2. The molecule has 0 bridgehead atoms. The molecule has 0 heterocycles. The Kier molecular flexibility index (Phi) is 28.7. The lowest BCUT2D eigenvalue weighted by Gasteiger charge is -2.16. The van der Waals surface area contributed by atoms with Crippen LogP contribution in [-0.4, -0.2) is 80.4 Å². The third kappa shape index (κ3) is 31.4. The van der Waals surface area contributed by atoms with Gasteiger partial charge in [0, 0.05) is 6.08 Å². The first-order valence-corrected chi connectivity index (χ1v) is 10.8. The Morgan fingerprint density at radius 1 is 0.800 bits per heavy atom. The number of hydrogen-bond donors (Lipinski definition) is 7. The van der Waals surface area contributed by atoms with Gasteiger partial charge >= 0.3 is 17.9 Å². The van der Waals surface area contributed by atoms with Crippen molar-refractivity contribution in [1.29, 1.82) is 0 Å². The van der Waals surface area contributed by atoms with Gasteiger partial charge in [0.2, 0.25) is 0 Å². The highest BCUT2D eigenvalue weighted by Gasteiger charge is 2.22. The maximum absolute atomic E-state index is 9.29. The summed E-state index contributed by atoms with van der Waals surface area (Å²) in [6.45, 7) is 2.71. The number of carboxylic acids is 3. The second-order valence-corrected chi connectivity index (χ2v) is 6.67. The number of carbonyl (C=O) groups is 3. The van der Waals surface area contributed by atoms with Gasteiger partial charge in [0.15, 0.2) is 0 Å². The average molecular weight is 473 g/mol. The van der Waals surface area contributed by atoms with Crippen molar-refractivity contribution in [1.82, 2.24) is 0 Å². The molecule has 0 atom stereocenters.